The van der Waals surface area contributed by atoms with Crippen LogP contribution in [0.4, 0.5) is 0 Å². The van der Waals surface area contributed by atoms with Crippen LogP contribution in [0.15, 0.2) is 35.3 Å². The monoisotopic (exact) mass is 432 g/mol. The molecule has 0 saturated carbocycles. The molecule has 0 amide bonds. The van der Waals surface area contributed by atoms with Gasteiger partial charge in [-0.25, -0.2) is 0 Å². The topological polar surface area (TPSA) is 39.7 Å². The van der Waals surface area contributed by atoms with E-state index in [1.807, 2.05) is 6.07 Å². The smallest absolute Gasteiger partial charge is 0.191 e. The minimum Gasteiger partial charge on any atom is -0.357 e. The van der Waals surface area contributed by atoms with Gasteiger partial charge in [0.1, 0.15) is 0 Å². The van der Waals surface area contributed by atoms with E-state index in [1.54, 1.807) is 0 Å². The average Bonchev–Trinajstić information content (AvgIpc) is 2.44. The number of hydrogen-bond donors (Lipinski definition) is 2. The molecule has 0 aliphatic heterocycles. The van der Waals surface area contributed by atoms with Crippen LogP contribution >= 0.6 is 24.0 Å². The summed E-state index contributed by atoms with van der Waals surface area (Å²) >= 11 is 0. The SMILES string of the molecule is CCNC(=NCC(C)(C)CN(C)C)NC(C)c1ccccc1.I. The molecule has 1 unspecified atom stereocenters. The Morgan fingerprint density at radius 1 is 1.22 bits per heavy atom. The van der Waals surface area contributed by atoms with Gasteiger partial charge in [0.15, 0.2) is 5.96 Å². The number of nitrogens with one attached hydrogen (secondary N) is 2. The lowest BCUT2D eigenvalue weighted by Crippen LogP contribution is -2.40. The summed E-state index contributed by atoms with van der Waals surface area (Å²) in [5.41, 5.74) is 1.42. The molecule has 23 heavy (non-hydrogen) atoms. The Morgan fingerprint density at radius 2 is 1.83 bits per heavy atom. The van der Waals surface area contributed by atoms with E-state index in [9.17, 15) is 0 Å². The van der Waals surface area contributed by atoms with Crippen LogP contribution < -0.4 is 10.6 Å². The molecule has 0 heterocycles. The molecule has 5 heteroatoms. The number of halogens is 1. The first-order valence-corrected chi connectivity index (χ1v) is 8.08. The van der Waals surface area contributed by atoms with E-state index in [2.05, 4.69) is 81.6 Å². The zero-order valence-electron chi connectivity index (χ0n) is 15.4. The largest absolute Gasteiger partial charge is 0.357 e. The molecule has 1 atom stereocenters. The van der Waals surface area contributed by atoms with Gasteiger partial charge in [-0.15, -0.1) is 24.0 Å². The van der Waals surface area contributed by atoms with Crippen LogP contribution in [0.3, 0.4) is 0 Å². The molecule has 0 aromatic heterocycles. The molecular formula is C18H33IN4. The molecule has 0 saturated heterocycles. The van der Waals surface area contributed by atoms with Crippen molar-refractivity contribution in [1.29, 1.82) is 0 Å². The second-order valence-electron chi connectivity index (χ2n) is 6.87. The van der Waals surface area contributed by atoms with E-state index in [1.165, 1.54) is 5.56 Å². The molecule has 0 bridgehead atoms. The van der Waals surface area contributed by atoms with E-state index in [0.717, 1.165) is 25.6 Å². The Bertz CT molecular complexity index is 457. The highest BCUT2D eigenvalue weighted by Crippen LogP contribution is 2.16. The number of benzene rings is 1. The van der Waals surface area contributed by atoms with E-state index < -0.39 is 0 Å². The molecule has 0 spiro atoms. The van der Waals surface area contributed by atoms with Gasteiger partial charge in [0.2, 0.25) is 0 Å². The summed E-state index contributed by atoms with van der Waals surface area (Å²) in [6, 6.07) is 10.7. The maximum Gasteiger partial charge on any atom is 0.191 e. The van der Waals surface area contributed by atoms with Gasteiger partial charge >= 0.3 is 0 Å². The Morgan fingerprint density at radius 3 is 2.35 bits per heavy atom. The highest BCUT2D eigenvalue weighted by molar-refractivity contribution is 14.0. The fraction of sp³-hybridized carbons (Fsp3) is 0.611. The minimum absolute atomic E-state index is 0. The molecule has 1 aromatic carbocycles. The summed E-state index contributed by atoms with van der Waals surface area (Å²) < 4.78 is 0. The summed E-state index contributed by atoms with van der Waals surface area (Å²) in [4.78, 5) is 6.98. The van der Waals surface area contributed by atoms with Gasteiger partial charge in [0, 0.05) is 19.6 Å². The molecule has 0 aliphatic rings. The Balaban J connectivity index is 0.00000484. The average molecular weight is 432 g/mol. The number of aliphatic imine (C=N–C) groups is 1. The predicted octanol–water partition coefficient (Wildman–Crippen LogP) is 3.51. The van der Waals surface area contributed by atoms with Crippen LogP contribution in [0, 0.1) is 5.41 Å². The molecule has 132 valence electrons. The third-order valence-electron chi connectivity index (χ3n) is 3.41. The van der Waals surface area contributed by atoms with Gasteiger partial charge in [-0.1, -0.05) is 44.2 Å². The third-order valence-corrected chi connectivity index (χ3v) is 3.41. The lowest BCUT2D eigenvalue weighted by atomic mass is 9.93. The third kappa shape index (κ3) is 9.15. The molecule has 0 radical (unpaired) electrons. The zero-order valence-corrected chi connectivity index (χ0v) is 17.7. The molecule has 0 fully saturated rings. The fourth-order valence-electron chi connectivity index (χ4n) is 2.55. The quantitative estimate of drug-likeness (QED) is 0.394. The first kappa shape index (κ1) is 22.2. The van der Waals surface area contributed by atoms with Crippen LogP contribution in [0.5, 0.6) is 0 Å². The maximum atomic E-state index is 4.77. The van der Waals surface area contributed by atoms with Gasteiger partial charge in [-0.05, 0) is 38.9 Å². The minimum atomic E-state index is 0. The van der Waals surface area contributed by atoms with Gasteiger partial charge in [-0.2, -0.15) is 0 Å². The second kappa shape index (κ2) is 10.9. The van der Waals surface area contributed by atoms with E-state index in [-0.39, 0.29) is 35.4 Å². The summed E-state index contributed by atoms with van der Waals surface area (Å²) in [6.07, 6.45) is 0. The van der Waals surface area contributed by atoms with Gasteiger partial charge in [-0.3, -0.25) is 4.99 Å². The number of hydrogen-bond acceptors (Lipinski definition) is 2. The number of rotatable bonds is 7. The van der Waals surface area contributed by atoms with Crippen molar-refractivity contribution < 1.29 is 0 Å². The molecule has 1 aromatic rings. The molecule has 1 rings (SSSR count). The summed E-state index contributed by atoms with van der Waals surface area (Å²) in [5.74, 6) is 0.880. The van der Waals surface area contributed by atoms with Crippen molar-refractivity contribution in [2.75, 3.05) is 33.7 Å². The molecule has 4 nitrogen and oxygen atoms in total. The Labute approximate surface area is 159 Å². The predicted molar refractivity (Wildman–Crippen MR) is 112 cm³/mol. The number of nitrogens with zero attached hydrogens (tertiary/aromatic N) is 2. The number of guanidine groups is 1. The molecule has 0 aliphatic carbocycles. The van der Waals surface area contributed by atoms with Crippen molar-refractivity contribution in [3.8, 4) is 0 Å². The van der Waals surface area contributed by atoms with Crippen molar-refractivity contribution in [2.45, 2.75) is 33.7 Å². The summed E-state index contributed by atoms with van der Waals surface area (Å²) in [6.45, 7) is 11.4. The van der Waals surface area contributed by atoms with Crippen LogP contribution in [0.25, 0.3) is 0 Å². The lowest BCUT2D eigenvalue weighted by Gasteiger charge is -2.27. The van der Waals surface area contributed by atoms with E-state index in [0.29, 0.717) is 0 Å². The van der Waals surface area contributed by atoms with Gasteiger partial charge in [0.25, 0.3) is 0 Å². The van der Waals surface area contributed by atoms with Gasteiger partial charge in [0.05, 0.1) is 6.04 Å². The van der Waals surface area contributed by atoms with Crippen molar-refractivity contribution >= 4 is 29.9 Å². The maximum absolute atomic E-state index is 4.77. The van der Waals surface area contributed by atoms with Gasteiger partial charge < -0.3 is 15.5 Å². The molecular weight excluding hydrogens is 399 g/mol. The van der Waals surface area contributed by atoms with Crippen LogP contribution in [0.1, 0.15) is 39.3 Å². The first-order valence-electron chi connectivity index (χ1n) is 8.08. The Kier molecular flexibility index (Phi) is 10.5. The van der Waals surface area contributed by atoms with Crippen molar-refractivity contribution in [3.63, 3.8) is 0 Å². The highest BCUT2D eigenvalue weighted by Gasteiger charge is 2.19. The standard InChI is InChI=1S/C18H32N4.HI/c1-7-19-17(20-13-18(3,4)14-22(5)6)21-15(2)16-11-9-8-10-12-16;/h8-12,15H,7,13-14H2,1-6H3,(H2,19,20,21);1H. The van der Waals surface area contributed by atoms with Crippen molar-refractivity contribution in [3.05, 3.63) is 35.9 Å². The van der Waals surface area contributed by atoms with E-state index in [4.69, 9.17) is 4.99 Å². The normalized spacial score (nSPS) is 13.4. The highest BCUT2D eigenvalue weighted by atomic mass is 127. The second-order valence-corrected chi connectivity index (χ2v) is 6.87. The van der Waals surface area contributed by atoms with E-state index >= 15 is 0 Å². The van der Waals surface area contributed by atoms with Crippen molar-refractivity contribution in [2.24, 2.45) is 10.4 Å². The summed E-state index contributed by atoms with van der Waals surface area (Å²) in [5, 5.41) is 6.82. The van der Waals surface area contributed by atoms with Crippen LogP contribution in [-0.2, 0) is 0 Å². The summed E-state index contributed by atoms with van der Waals surface area (Å²) in [7, 11) is 4.21. The van der Waals surface area contributed by atoms with Crippen LogP contribution in [0.2, 0.25) is 0 Å². The Hall–Kier alpha value is -0.820. The zero-order chi connectivity index (χ0) is 16.6. The molecule has 2 N–H and O–H groups in total. The van der Waals surface area contributed by atoms with Crippen LogP contribution in [-0.4, -0.2) is 44.6 Å². The lowest BCUT2D eigenvalue weighted by molar-refractivity contribution is 0.248. The fourth-order valence-corrected chi connectivity index (χ4v) is 2.55. The van der Waals surface area contributed by atoms with Crippen molar-refractivity contribution in [1.82, 2.24) is 15.5 Å². The first-order chi connectivity index (χ1) is 10.3.